The Hall–Kier alpha value is -0.300. The summed E-state index contributed by atoms with van der Waals surface area (Å²) in [5.74, 6) is 1.42. The maximum Gasteiger partial charge on any atom is 0.135 e. The highest BCUT2D eigenvalue weighted by Gasteiger charge is 2.42. The second kappa shape index (κ2) is 5.77. The number of aliphatic hydroxyl groups excluding tert-OH is 1. The van der Waals surface area contributed by atoms with Crippen LogP contribution >= 0.6 is 31.9 Å². The molecule has 2 rings (SSSR count). The maximum atomic E-state index is 9.52. The van der Waals surface area contributed by atoms with Crippen LogP contribution in [-0.2, 0) is 4.74 Å². The standard InChI is InChI=1S/C12H14Br2O4/c1-16-9-3-7(14)10(4-6(9)13)18-11-5-8(15)12(11)17-2/h3-4,8,11-12,15H,5H2,1-2H3. The molecule has 1 fully saturated rings. The van der Waals surface area contributed by atoms with Crippen molar-refractivity contribution in [1.29, 1.82) is 0 Å². The van der Waals surface area contributed by atoms with Gasteiger partial charge >= 0.3 is 0 Å². The monoisotopic (exact) mass is 380 g/mol. The molecule has 3 atom stereocenters. The van der Waals surface area contributed by atoms with Crippen LogP contribution < -0.4 is 9.47 Å². The molecule has 1 aromatic carbocycles. The zero-order valence-electron chi connectivity index (χ0n) is 10.0. The second-order valence-electron chi connectivity index (χ2n) is 4.08. The van der Waals surface area contributed by atoms with Crippen LogP contribution in [0.2, 0.25) is 0 Å². The van der Waals surface area contributed by atoms with Crippen LogP contribution in [0, 0.1) is 0 Å². The van der Waals surface area contributed by atoms with E-state index in [2.05, 4.69) is 31.9 Å². The SMILES string of the molecule is COc1cc(Br)c(OC2CC(O)C2OC)cc1Br. The number of methoxy groups -OCH3 is 2. The van der Waals surface area contributed by atoms with Crippen LogP contribution in [0.5, 0.6) is 11.5 Å². The summed E-state index contributed by atoms with van der Waals surface area (Å²) in [5, 5.41) is 9.52. The number of hydrogen-bond acceptors (Lipinski definition) is 4. The molecule has 1 N–H and O–H groups in total. The van der Waals surface area contributed by atoms with Gasteiger partial charge in [0.15, 0.2) is 0 Å². The van der Waals surface area contributed by atoms with Gasteiger partial charge in [-0.3, -0.25) is 0 Å². The van der Waals surface area contributed by atoms with E-state index in [0.29, 0.717) is 12.2 Å². The van der Waals surface area contributed by atoms with Crippen LogP contribution in [0.15, 0.2) is 21.1 Å². The third kappa shape index (κ3) is 2.66. The highest BCUT2D eigenvalue weighted by atomic mass is 79.9. The van der Waals surface area contributed by atoms with E-state index in [1.165, 1.54) is 0 Å². The number of rotatable bonds is 4. The summed E-state index contributed by atoms with van der Waals surface area (Å²) in [6, 6.07) is 3.66. The van der Waals surface area contributed by atoms with Gasteiger partial charge in [-0.15, -0.1) is 0 Å². The molecule has 0 spiro atoms. The van der Waals surface area contributed by atoms with Crippen molar-refractivity contribution in [2.24, 2.45) is 0 Å². The third-order valence-corrected chi connectivity index (χ3v) is 4.22. The first-order valence-corrected chi connectivity index (χ1v) is 7.06. The Morgan fingerprint density at radius 2 is 1.78 bits per heavy atom. The smallest absolute Gasteiger partial charge is 0.135 e. The van der Waals surface area contributed by atoms with Gasteiger partial charge < -0.3 is 19.3 Å². The van der Waals surface area contributed by atoms with Crippen molar-refractivity contribution >= 4 is 31.9 Å². The number of aliphatic hydroxyl groups is 1. The zero-order valence-corrected chi connectivity index (χ0v) is 13.2. The van der Waals surface area contributed by atoms with E-state index in [4.69, 9.17) is 14.2 Å². The van der Waals surface area contributed by atoms with Crippen LogP contribution in [0.1, 0.15) is 6.42 Å². The lowest BCUT2D eigenvalue weighted by Crippen LogP contribution is -2.54. The summed E-state index contributed by atoms with van der Waals surface area (Å²) >= 11 is 6.84. The Labute approximate surface area is 122 Å². The first-order valence-electron chi connectivity index (χ1n) is 5.47. The van der Waals surface area contributed by atoms with Gasteiger partial charge in [0, 0.05) is 13.5 Å². The number of halogens is 2. The lowest BCUT2D eigenvalue weighted by atomic mass is 9.88. The minimum atomic E-state index is -0.444. The minimum absolute atomic E-state index is 0.124. The molecule has 0 aromatic heterocycles. The Bertz CT molecular complexity index is 438. The summed E-state index contributed by atoms with van der Waals surface area (Å²) in [4.78, 5) is 0. The molecule has 100 valence electrons. The Balaban J connectivity index is 2.13. The number of benzene rings is 1. The van der Waals surface area contributed by atoms with Gasteiger partial charge in [0.25, 0.3) is 0 Å². The van der Waals surface area contributed by atoms with Crippen molar-refractivity contribution < 1.29 is 19.3 Å². The van der Waals surface area contributed by atoms with E-state index >= 15 is 0 Å². The van der Waals surface area contributed by atoms with Crippen molar-refractivity contribution in [1.82, 2.24) is 0 Å². The Morgan fingerprint density at radius 3 is 2.33 bits per heavy atom. The normalized spacial score (nSPS) is 26.6. The lowest BCUT2D eigenvalue weighted by molar-refractivity contribution is -0.149. The molecule has 0 heterocycles. The fraction of sp³-hybridized carbons (Fsp3) is 0.500. The molecule has 3 unspecified atom stereocenters. The molecule has 1 aliphatic carbocycles. The maximum absolute atomic E-state index is 9.52. The van der Waals surface area contributed by atoms with Gasteiger partial charge in [0.1, 0.15) is 23.7 Å². The Morgan fingerprint density at radius 1 is 1.17 bits per heavy atom. The molecule has 1 aliphatic rings. The van der Waals surface area contributed by atoms with E-state index < -0.39 is 6.10 Å². The van der Waals surface area contributed by atoms with Gasteiger partial charge in [-0.25, -0.2) is 0 Å². The van der Waals surface area contributed by atoms with Crippen LogP contribution in [0.3, 0.4) is 0 Å². The Kier molecular flexibility index (Phi) is 4.53. The molecule has 0 radical (unpaired) electrons. The van der Waals surface area contributed by atoms with Crippen molar-refractivity contribution in [2.75, 3.05) is 14.2 Å². The highest BCUT2D eigenvalue weighted by molar-refractivity contribution is 9.11. The molecular formula is C12H14Br2O4. The van der Waals surface area contributed by atoms with E-state index in [0.717, 1.165) is 14.7 Å². The van der Waals surface area contributed by atoms with Crippen molar-refractivity contribution in [3.8, 4) is 11.5 Å². The average molecular weight is 382 g/mol. The van der Waals surface area contributed by atoms with Gasteiger partial charge in [-0.1, -0.05) is 0 Å². The molecule has 1 aromatic rings. The summed E-state index contributed by atoms with van der Waals surface area (Å²) in [6.45, 7) is 0. The van der Waals surface area contributed by atoms with Gasteiger partial charge in [0.05, 0.1) is 22.2 Å². The molecule has 1 saturated carbocycles. The summed E-state index contributed by atoms with van der Waals surface area (Å²) < 4.78 is 17.8. The molecule has 0 saturated heterocycles. The minimum Gasteiger partial charge on any atom is -0.496 e. The largest absolute Gasteiger partial charge is 0.496 e. The topological polar surface area (TPSA) is 47.9 Å². The zero-order chi connectivity index (χ0) is 13.3. The summed E-state index contributed by atoms with van der Waals surface area (Å²) in [6.07, 6.45) is -0.256. The molecule has 0 aliphatic heterocycles. The van der Waals surface area contributed by atoms with E-state index in [9.17, 15) is 5.11 Å². The molecule has 0 bridgehead atoms. The first kappa shape index (κ1) is 14.1. The molecular weight excluding hydrogens is 368 g/mol. The van der Waals surface area contributed by atoms with Crippen LogP contribution in [-0.4, -0.2) is 37.6 Å². The molecule has 18 heavy (non-hydrogen) atoms. The summed E-state index contributed by atoms with van der Waals surface area (Å²) in [7, 11) is 3.18. The van der Waals surface area contributed by atoms with E-state index in [1.54, 1.807) is 14.2 Å². The summed E-state index contributed by atoms with van der Waals surface area (Å²) in [5.41, 5.74) is 0. The molecule has 4 nitrogen and oxygen atoms in total. The van der Waals surface area contributed by atoms with Crippen LogP contribution in [0.4, 0.5) is 0 Å². The van der Waals surface area contributed by atoms with Gasteiger partial charge in [-0.2, -0.15) is 0 Å². The van der Waals surface area contributed by atoms with Crippen molar-refractivity contribution in [3.63, 3.8) is 0 Å². The number of ether oxygens (including phenoxy) is 3. The van der Waals surface area contributed by atoms with Crippen LogP contribution in [0.25, 0.3) is 0 Å². The second-order valence-corrected chi connectivity index (χ2v) is 5.79. The fourth-order valence-electron chi connectivity index (χ4n) is 1.90. The lowest BCUT2D eigenvalue weighted by Gasteiger charge is -2.40. The quantitative estimate of drug-likeness (QED) is 0.871. The van der Waals surface area contributed by atoms with E-state index in [1.807, 2.05) is 12.1 Å². The fourth-order valence-corrected chi connectivity index (χ4v) is 2.80. The van der Waals surface area contributed by atoms with Gasteiger partial charge in [-0.05, 0) is 44.0 Å². The predicted molar refractivity (Wildman–Crippen MR) is 74.2 cm³/mol. The third-order valence-electron chi connectivity index (χ3n) is 2.98. The molecule has 0 amide bonds. The van der Waals surface area contributed by atoms with Gasteiger partial charge in [0.2, 0.25) is 0 Å². The first-order chi connectivity index (χ1) is 8.56. The van der Waals surface area contributed by atoms with E-state index in [-0.39, 0.29) is 12.2 Å². The predicted octanol–water partition coefficient (Wildman–Crippen LogP) is 2.75. The van der Waals surface area contributed by atoms with Crippen molar-refractivity contribution in [2.45, 2.75) is 24.7 Å². The highest BCUT2D eigenvalue weighted by Crippen LogP contribution is 2.38. The number of hydrogen-bond donors (Lipinski definition) is 1. The molecule has 6 heteroatoms. The van der Waals surface area contributed by atoms with Crippen molar-refractivity contribution in [3.05, 3.63) is 21.1 Å². The average Bonchev–Trinajstić information content (AvgIpc) is 2.32.